The average molecular weight is 219 g/mol. The largest absolute Gasteiger partial charge is 0.397 e. The molecule has 2 aromatic rings. The molecule has 1 amide bonds. The highest BCUT2D eigenvalue weighted by atomic mass is 16.2. The molecule has 0 atom stereocenters. The van der Waals surface area contributed by atoms with Gasteiger partial charge in [0.25, 0.3) is 5.91 Å². The number of rotatable bonds is 2. The third-order valence-electron chi connectivity index (χ3n) is 2.44. The van der Waals surface area contributed by atoms with E-state index < -0.39 is 0 Å². The van der Waals surface area contributed by atoms with Gasteiger partial charge in [0.2, 0.25) is 0 Å². The summed E-state index contributed by atoms with van der Waals surface area (Å²) in [4.78, 5) is 14.5. The Kier molecular flexibility index (Phi) is 2.40. The van der Waals surface area contributed by atoms with Crippen LogP contribution in [0.5, 0.6) is 0 Å². The molecule has 6 heteroatoms. The van der Waals surface area contributed by atoms with E-state index >= 15 is 0 Å². The van der Waals surface area contributed by atoms with Crippen molar-refractivity contribution in [3.63, 3.8) is 0 Å². The quantitative estimate of drug-likeness (QED) is 0.610. The number of nitrogens with one attached hydrogen (secondary N) is 3. The molecule has 5 N–H and O–H groups in total. The Bertz CT molecular complexity index is 525. The predicted molar refractivity (Wildman–Crippen MR) is 61.2 cm³/mol. The molecule has 0 fully saturated rings. The summed E-state index contributed by atoms with van der Waals surface area (Å²) < 4.78 is 0. The summed E-state index contributed by atoms with van der Waals surface area (Å²) in [5.41, 5.74) is 8.31. The fourth-order valence-corrected chi connectivity index (χ4v) is 1.32. The van der Waals surface area contributed by atoms with E-state index in [1.807, 2.05) is 13.8 Å². The zero-order valence-corrected chi connectivity index (χ0v) is 9.09. The standard InChI is InChI=1S/C10H13N5O/c1-5-6(2)14-15-9(5)13-10(16)8-3-7(11)4-12-8/h3-4,12H,11H2,1-2H3,(H2,13,14,15,16). The zero-order valence-electron chi connectivity index (χ0n) is 9.09. The van der Waals surface area contributed by atoms with E-state index in [1.165, 1.54) is 0 Å². The van der Waals surface area contributed by atoms with Crippen molar-refractivity contribution in [1.82, 2.24) is 15.2 Å². The summed E-state index contributed by atoms with van der Waals surface area (Å²) in [6.07, 6.45) is 1.57. The number of H-pyrrole nitrogens is 2. The molecule has 0 aliphatic carbocycles. The smallest absolute Gasteiger partial charge is 0.273 e. The molecular formula is C10H13N5O. The fourth-order valence-electron chi connectivity index (χ4n) is 1.32. The molecule has 2 rings (SSSR count). The molecule has 0 spiro atoms. The lowest BCUT2D eigenvalue weighted by Gasteiger charge is -2.00. The number of nitrogen functional groups attached to an aromatic ring is 1. The van der Waals surface area contributed by atoms with Crippen LogP contribution in [0.2, 0.25) is 0 Å². The zero-order chi connectivity index (χ0) is 11.7. The maximum Gasteiger partial charge on any atom is 0.273 e. The molecule has 16 heavy (non-hydrogen) atoms. The van der Waals surface area contributed by atoms with Crippen molar-refractivity contribution in [3.05, 3.63) is 29.2 Å². The highest BCUT2D eigenvalue weighted by molar-refractivity contribution is 6.03. The Hall–Kier alpha value is -2.24. The number of hydrogen-bond donors (Lipinski definition) is 4. The van der Waals surface area contributed by atoms with Gasteiger partial charge in [-0.3, -0.25) is 9.89 Å². The maximum absolute atomic E-state index is 11.7. The summed E-state index contributed by atoms with van der Waals surface area (Å²) in [6.45, 7) is 3.78. The second-order valence-electron chi connectivity index (χ2n) is 3.62. The third-order valence-corrected chi connectivity index (χ3v) is 2.44. The van der Waals surface area contributed by atoms with Crippen LogP contribution >= 0.6 is 0 Å². The molecule has 0 radical (unpaired) electrons. The summed E-state index contributed by atoms with van der Waals surface area (Å²) in [7, 11) is 0. The average Bonchev–Trinajstić information content (AvgIpc) is 2.79. The number of aromatic amines is 2. The van der Waals surface area contributed by atoms with Crippen molar-refractivity contribution in [1.29, 1.82) is 0 Å². The topological polar surface area (TPSA) is 99.6 Å². The van der Waals surface area contributed by atoms with E-state index in [0.717, 1.165) is 11.3 Å². The number of aromatic nitrogens is 3. The second kappa shape index (κ2) is 3.73. The minimum atomic E-state index is -0.258. The van der Waals surface area contributed by atoms with Crippen LogP contribution in [0.25, 0.3) is 0 Å². The Morgan fingerprint density at radius 3 is 2.75 bits per heavy atom. The van der Waals surface area contributed by atoms with Gasteiger partial charge in [0.05, 0.1) is 0 Å². The van der Waals surface area contributed by atoms with Crippen molar-refractivity contribution in [3.8, 4) is 0 Å². The van der Waals surface area contributed by atoms with Crippen LogP contribution in [0.3, 0.4) is 0 Å². The first kappa shape index (κ1) is 10.3. The SMILES string of the molecule is Cc1[nH]nc(NC(=O)c2cc(N)c[nH]2)c1C. The molecule has 84 valence electrons. The number of hydrogen-bond acceptors (Lipinski definition) is 3. The second-order valence-corrected chi connectivity index (χ2v) is 3.62. The van der Waals surface area contributed by atoms with E-state index in [2.05, 4.69) is 20.5 Å². The Labute approximate surface area is 92.2 Å². The lowest BCUT2D eigenvalue weighted by Crippen LogP contribution is -2.13. The molecule has 0 unspecified atom stereocenters. The van der Waals surface area contributed by atoms with Gasteiger partial charge in [-0.2, -0.15) is 5.10 Å². The van der Waals surface area contributed by atoms with Gasteiger partial charge in [-0.15, -0.1) is 0 Å². The number of amides is 1. The number of carbonyl (C=O) groups excluding carboxylic acids is 1. The Balaban J connectivity index is 2.17. The molecule has 0 aromatic carbocycles. The highest BCUT2D eigenvalue weighted by Crippen LogP contribution is 2.15. The van der Waals surface area contributed by atoms with Gasteiger partial charge in [-0.1, -0.05) is 0 Å². The number of carbonyl (C=O) groups is 1. The first-order valence-electron chi connectivity index (χ1n) is 4.84. The third kappa shape index (κ3) is 1.77. The van der Waals surface area contributed by atoms with Gasteiger partial charge in [0, 0.05) is 23.1 Å². The molecule has 0 saturated carbocycles. The van der Waals surface area contributed by atoms with Crippen molar-refractivity contribution in [2.45, 2.75) is 13.8 Å². The van der Waals surface area contributed by atoms with Gasteiger partial charge in [-0.25, -0.2) is 0 Å². The Morgan fingerprint density at radius 1 is 1.50 bits per heavy atom. The molecule has 6 nitrogen and oxygen atoms in total. The highest BCUT2D eigenvalue weighted by Gasteiger charge is 2.12. The van der Waals surface area contributed by atoms with Crippen LogP contribution in [0.15, 0.2) is 12.3 Å². The molecule has 2 aromatic heterocycles. The summed E-state index contributed by atoms with van der Waals surface area (Å²) in [5.74, 6) is 0.280. The van der Waals surface area contributed by atoms with E-state index in [0.29, 0.717) is 17.2 Å². The molecular weight excluding hydrogens is 206 g/mol. The van der Waals surface area contributed by atoms with Gasteiger partial charge < -0.3 is 16.0 Å². The lowest BCUT2D eigenvalue weighted by molar-refractivity contribution is 0.102. The van der Waals surface area contributed by atoms with E-state index in [-0.39, 0.29) is 5.91 Å². The summed E-state index contributed by atoms with van der Waals surface area (Å²) in [5, 5.41) is 9.48. The molecule has 2 heterocycles. The van der Waals surface area contributed by atoms with Crippen LogP contribution in [0.4, 0.5) is 11.5 Å². The first-order valence-corrected chi connectivity index (χ1v) is 4.84. The Morgan fingerprint density at radius 2 is 2.25 bits per heavy atom. The van der Waals surface area contributed by atoms with Gasteiger partial charge in [0.1, 0.15) is 5.69 Å². The molecule has 0 bridgehead atoms. The minimum absolute atomic E-state index is 0.258. The first-order chi connectivity index (χ1) is 7.58. The number of anilines is 2. The normalized spacial score (nSPS) is 10.4. The van der Waals surface area contributed by atoms with Crippen LogP contribution < -0.4 is 11.1 Å². The van der Waals surface area contributed by atoms with Crippen LogP contribution in [-0.4, -0.2) is 21.1 Å². The number of aryl methyl sites for hydroxylation is 1. The summed E-state index contributed by atoms with van der Waals surface area (Å²) in [6, 6.07) is 1.57. The minimum Gasteiger partial charge on any atom is -0.397 e. The van der Waals surface area contributed by atoms with E-state index in [4.69, 9.17) is 5.73 Å². The van der Waals surface area contributed by atoms with E-state index in [1.54, 1.807) is 12.3 Å². The van der Waals surface area contributed by atoms with Crippen molar-refractivity contribution in [2.75, 3.05) is 11.1 Å². The fraction of sp³-hybridized carbons (Fsp3) is 0.200. The molecule has 0 aliphatic rings. The lowest BCUT2D eigenvalue weighted by atomic mass is 10.3. The molecule has 0 aliphatic heterocycles. The predicted octanol–water partition coefficient (Wildman–Crippen LogP) is 1.19. The van der Waals surface area contributed by atoms with Gasteiger partial charge >= 0.3 is 0 Å². The van der Waals surface area contributed by atoms with Crippen molar-refractivity contribution >= 4 is 17.4 Å². The van der Waals surface area contributed by atoms with Gasteiger partial charge in [0.15, 0.2) is 5.82 Å². The maximum atomic E-state index is 11.7. The van der Waals surface area contributed by atoms with Crippen LogP contribution in [0.1, 0.15) is 21.7 Å². The van der Waals surface area contributed by atoms with Crippen molar-refractivity contribution in [2.24, 2.45) is 0 Å². The summed E-state index contributed by atoms with van der Waals surface area (Å²) >= 11 is 0. The van der Waals surface area contributed by atoms with Crippen molar-refractivity contribution < 1.29 is 4.79 Å². The van der Waals surface area contributed by atoms with Crippen LogP contribution in [0, 0.1) is 13.8 Å². The monoisotopic (exact) mass is 219 g/mol. The van der Waals surface area contributed by atoms with E-state index in [9.17, 15) is 4.79 Å². The molecule has 0 saturated heterocycles. The van der Waals surface area contributed by atoms with Gasteiger partial charge in [-0.05, 0) is 19.9 Å². The number of nitrogens with two attached hydrogens (primary N) is 1. The number of nitrogens with zero attached hydrogens (tertiary/aromatic N) is 1. The van der Waals surface area contributed by atoms with Crippen LogP contribution in [-0.2, 0) is 0 Å².